The van der Waals surface area contributed by atoms with Gasteiger partial charge in [0.1, 0.15) is 6.61 Å². The molecule has 1 aromatic rings. The van der Waals surface area contributed by atoms with Crippen molar-refractivity contribution in [3.63, 3.8) is 0 Å². The summed E-state index contributed by atoms with van der Waals surface area (Å²) in [4.78, 5) is 0. The highest BCUT2D eigenvalue weighted by atomic mass is 35.5. The van der Waals surface area contributed by atoms with E-state index in [0.717, 1.165) is 5.56 Å². The zero-order valence-corrected chi connectivity index (χ0v) is 10.6. The summed E-state index contributed by atoms with van der Waals surface area (Å²) in [6, 6.07) is 5.36. The maximum absolute atomic E-state index is 11.7. The smallest absolute Gasteiger partial charge is 0.261 e. The van der Waals surface area contributed by atoms with Crippen molar-refractivity contribution >= 4 is 23.2 Å². The number of ether oxygens (including phenoxy) is 1. The van der Waals surface area contributed by atoms with Crippen LogP contribution in [0.4, 0.5) is 8.78 Å². The minimum Gasteiger partial charge on any atom is -0.374 e. The Kier molecular flexibility index (Phi) is 6.73. The van der Waals surface area contributed by atoms with E-state index in [9.17, 15) is 8.78 Å². The molecule has 0 amide bonds. The number of hydrogen-bond donors (Lipinski definition) is 1. The van der Waals surface area contributed by atoms with Crippen LogP contribution in [-0.2, 0) is 11.3 Å². The van der Waals surface area contributed by atoms with E-state index >= 15 is 0 Å². The van der Waals surface area contributed by atoms with Crippen LogP contribution in [0.5, 0.6) is 0 Å². The summed E-state index contributed by atoms with van der Waals surface area (Å²) in [7, 11) is 0. The van der Waals surface area contributed by atoms with Gasteiger partial charge in [0.2, 0.25) is 0 Å². The molecule has 1 rings (SSSR count). The maximum atomic E-state index is 11.7. The molecule has 0 atom stereocenters. The molecule has 0 fully saturated rings. The Balaban J connectivity index is 2.20. The van der Waals surface area contributed by atoms with E-state index in [1.54, 1.807) is 12.1 Å². The van der Waals surface area contributed by atoms with E-state index in [1.807, 2.05) is 6.07 Å². The third-order valence-electron chi connectivity index (χ3n) is 2.01. The van der Waals surface area contributed by atoms with Gasteiger partial charge in [0.05, 0.1) is 16.7 Å². The van der Waals surface area contributed by atoms with Crippen LogP contribution in [0.1, 0.15) is 5.56 Å². The SMILES string of the molecule is FC(F)COCCNCc1cccc(Cl)c1Cl. The van der Waals surface area contributed by atoms with Crippen molar-refractivity contribution in [2.45, 2.75) is 13.0 Å². The summed E-state index contributed by atoms with van der Waals surface area (Å²) in [6.07, 6.45) is -2.42. The van der Waals surface area contributed by atoms with Gasteiger partial charge in [-0.3, -0.25) is 0 Å². The van der Waals surface area contributed by atoms with Gasteiger partial charge in [0.25, 0.3) is 6.43 Å². The summed E-state index contributed by atoms with van der Waals surface area (Å²) in [5.41, 5.74) is 0.869. The Morgan fingerprint density at radius 2 is 2.06 bits per heavy atom. The largest absolute Gasteiger partial charge is 0.374 e. The van der Waals surface area contributed by atoms with Gasteiger partial charge in [-0.05, 0) is 11.6 Å². The van der Waals surface area contributed by atoms with Crippen molar-refractivity contribution in [1.82, 2.24) is 5.32 Å². The molecule has 0 aromatic heterocycles. The summed E-state index contributed by atoms with van der Waals surface area (Å²) < 4.78 is 28.2. The minimum atomic E-state index is -2.42. The zero-order chi connectivity index (χ0) is 12.7. The summed E-state index contributed by atoms with van der Waals surface area (Å²) in [5, 5.41) is 4.04. The van der Waals surface area contributed by atoms with E-state index in [-0.39, 0.29) is 6.61 Å². The molecule has 0 spiro atoms. The van der Waals surface area contributed by atoms with Crippen LogP contribution in [-0.4, -0.2) is 26.2 Å². The average molecular weight is 284 g/mol. The predicted molar refractivity (Wildman–Crippen MR) is 65.0 cm³/mol. The molecule has 17 heavy (non-hydrogen) atoms. The topological polar surface area (TPSA) is 21.3 Å². The van der Waals surface area contributed by atoms with E-state index in [1.165, 1.54) is 0 Å². The van der Waals surface area contributed by atoms with Gasteiger partial charge in [-0.25, -0.2) is 8.78 Å². The van der Waals surface area contributed by atoms with Crippen LogP contribution in [0.2, 0.25) is 10.0 Å². The fourth-order valence-electron chi connectivity index (χ4n) is 1.22. The van der Waals surface area contributed by atoms with Crippen molar-refractivity contribution in [2.75, 3.05) is 19.8 Å². The van der Waals surface area contributed by atoms with E-state index in [2.05, 4.69) is 5.32 Å². The number of hydrogen-bond acceptors (Lipinski definition) is 2. The molecular weight excluding hydrogens is 271 g/mol. The molecular formula is C11H13Cl2F2NO. The normalized spacial score (nSPS) is 11.1. The highest BCUT2D eigenvalue weighted by molar-refractivity contribution is 6.42. The van der Waals surface area contributed by atoms with Gasteiger partial charge in [-0.2, -0.15) is 0 Å². The molecule has 0 saturated carbocycles. The number of alkyl halides is 2. The first kappa shape index (κ1) is 14.6. The second kappa shape index (κ2) is 7.82. The van der Waals surface area contributed by atoms with E-state index in [0.29, 0.717) is 23.1 Å². The third-order valence-corrected chi connectivity index (χ3v) is 2.87. The quantitative estimate of drug-likeness (QED) is 0.775. The number of rotatable bonds is 7. The molecule has 1 aromatic carbocycles. The van der Waals surface area contributed by atoms with E-state index in [4.69, 9.17) is 27.9 Å². The highest BCUT2D eigenvalue weighted by Crippen LogP contribution is 2.25. The predicted octanol–water partition coefficient (Wildman–Crippen LogP) is 3.36. The first-order valence-corrected chi connectivity index (χ1v) is 5.86. The highest BCUT2D eigenvalue weighted by Gasteiger charge is 2.04. The second-order valence-electron chi connectivity index (χ2n) is 3.36. The Morgan fingerprint density at radius 1 is 1.29 bits per heavy atom. The molecule has 96 valence electrons. The standard InChI is InChI=1S/C11H13Cl2F2NO/c12-9-3-1-2-8(11(9)13)6-16-4-5-17-7-10(14)15/h1-3,10,16H,4-7H2. The molecule has 6 heteroatoms. The number of benzene rings is 1. The molecule has 0 aliphatic rings. The van der Waals surface area contributed by atoms with Gasteiger partial charge in [0, 0.05) is 13.1 Å². The Labute approximate surface area is 109 Å². The molecule has 1 N–H and O–H groups in total. The molecule has 2 nitrogen and oxygen atoms in total. The van der Waals surface area contributed by atoms with Crippen molar-refractivity contribution < 1.29 is 13.5 Å². The van der Waals surface area contributed by atoms with Gasteiger partial charge >= 0.3 is 0 Å². The van der Waals surface area contributed by atoms with Gasteiger partial charge in [0.15, 0.2) is 0 Å². The Bertz CT molecular complexity index is 350. The van der Waals surface area contributed by atoms with Gasteiger partial charge in [-0.1, -0.05) is 35.3 Å². The average Bonchev–Trinajstić information content (AvgIpc) is 2.28. The van der Waals surface area contributed by atoms with Crippen LogP contribution >= 0.6 is 23.2 Å². The molecule has 0 unspecified atom stereocenters. The fraction of sp³-hybridized carbons (Fsp3) is 0.455. The van der Waals surface area contributed by atoms with Gasteiger partial charge < -0.3 is 10.1 Å². The van der Waals surface area contributed by atoms with Crippen LogP contribution in [0, 0.1) is 0 Å². The molecule has 0 heterocycles. The molecule has 0 aliphatic carbocycles. The molecule has 0 radical (unpaired) electrons. The summed E-state index contributed by atoms with van der Waals surface area (Å²) >= 11 is 11.8. The van der Waals surface area contributed by atoms with Crippen LogP contribution in [0.3, 0.4) is 0 Å². The van der Waals surface area contributed by atoms with Gasteiger partial charge in [-0.15, -0.1) is 0 Å². The summed E-state index contributed by atoms with van der Waals surface area (Å²) in [6.45, 7) is 0.717. The van der Waals surface area contributed by atoms with Crippen molar-refractivity contribution in [2.24, 2.45) is 0 Å². The lowest BCUT2D eigenvalue weighted by atomic mass is 10.2. The second-order valence-corrected chi connectivity index (χ2v) is 4.14. The third kappa shape index (κ3) is 5.64. The van der Waals surface area contributed by atoms with Crippen molar-refractivity contribution in [3.05, 3.63) is 33.8 Å². The lowest BCUT2D eigenvalue weighted by Gasteiger charge is -2.08. The van der Waals surface area contributed by atoms with Crippen LogP contribution in [0.25, 0.3) is 0 Å². The summed E-state index contributed by atoms with van der Waals surface area (Å²) in [5.74, 6) is 0. The van der Waals surface area contributed by atoms with Crippen molar-refractivity contribution in [1.29, 1.82) is 0 Å². The Morgan fingerprint density at radius 3 is 2.76 bits per heavy atom. The lowest BCUT2D eigenvalue weighted by Crippen LogP contribution is -2.20. The maximum Gasteiger partial charge on any atom is 0.261 e. The van der Waals surface area contributed by atoms with E-state index < -0.39 is 13.0 Å². The van der Waals surface area contributed by atoms with Crippen LogP contribution in [0.15, 0.2) is 18.2 Å². The first-order chi connectivity index (χ1) is 8.11. The first-order valence-electron chi connectivity index (χ1n) is 5.10. The van der Waals surface area contributed by atoms with Crippen LogP contribution < -0.4 is 5.32 Å². The number of nitrogens with one attached hydrogen (secondary N) is 1. The minimum absolute atomic E-state index is 0.239. The zero-order valence-electron chi connectivity index (χ0n) is 9.06. The molecule has 0 aliphatic heterocycles. The Hall–Kier alpha value is -0.420. The fourth-order valence-corrected chi connectivity index (χ4v) is 1.61. The lowest BCUT2D eigenvalue weighted by molar-refractivity contribution is 0.0187. The molecule has 0 saturated heterocycles. The van der Waals surface area contributed by atoms with Crippen molar-refractivity contribution in [3.8, 4) is 0 Å². The molecule has 0 bridgehead atoms. The monoisotopic (exact) mass is 283 g/mol. The number of halogens is 4.